The number of carbonyl (C=O) groups is 1. The molecule has 8 nitrogen and oxygen atoms in total. The molecule has 0 spiro atoms. The van der Waals surface area contributed by atoms with Crippen molar-refractivity contribution in [2.45, 2.75) is 56.8 Å². The van der Waals surface area contributed by atoms with Gasteiger partial charge in [0.25, 0.3) is 5.91 Å². The summed E-state index contributed by atoms with van der Waals surface area (Å²) in [4.78, 5) is 22.2. The average Bonchev–Trinajstić information content (AvgIpc) is 3.50. The van der Waals surface area contributed by atoms with Crippen LogP contribution in [-0.4, -0.2) is 67.5 Å². The van der Waals surface area contributed by atoms with E-state index in [-0.39, 0.29) is 31.0 Å². The van der Waals surface area contributed by atoms with Crippen molar-refractivity contribution in [3.05, 3.63) is 82.9 Å². The van der Waals surface area contributed by atoms with Gasteiger partial charge in [0, 0.05) is 48.6 Å². The smallest absolute Gasteiger partial charge is 0.273 e. The monoisotopic (exact) mass is 541 g/mol. The Morgan fingerprint density at radius 3 is 2.52 bits per heavy atom. The molecule has 9 heteroatoms. The lowest BCUT2D eigenvalue weighted by atomic mass is 9.82. The highest BCUT2D eigenvalue weighted by Crippen LogP contribution is 2.38. The number of anilines is 1. The van der Waals surface area contributed by atoms with Crippen molar-refractivity contribution in [1.29, 1.82) is 0 Å². The quantitative estimate of drug-likeness (QED) is 0.404. The first-order valence-corrected chi connectivity index (χ1v) is 14.1. The number of rotatable bonds is 4. The Labute approximate surface area is 231 Å². The van der Waals surface area contributed by atoms with Gasteiger partial charge in [-0.3, -0.25) is 4.79 Å². The first-order chi connectivity index (χ1) is 19.4. The van der Waals surface area contributed by atoms with Gasteiger partial charge in [-0.1, -0.05) is 30.7 Å². The third-order valence-electron chi connectivity index (χ3n) is 8.91. The second-order valence-electron chi connectivity index (χ2n) is 11.3. The van der Waals surface area contributed by atoms with Gasteiger partial charge in [0.2, 0.25) is 0 Å². The first-order valence-electron chi connectivity index (χ1n) is 14.1. The molecule has 206 valence electrons. The Morgan fingerprint density at radius 2 is 1.80 bits per heavy atom. The van der Waals surface area contributed by atoms with Crippen molar-refractivity contribution >= 4 is 17.2 Å². The summed E-state index contributed by atoms with van der Waals surface area (Å²) >= 11 is 0. The number of carbonyl (C=O) groups excluding carboxylic acids is 1. The fraction of sp³-hybridized carbons (Fsp3) is 0.387. The van der Waals surface area contributed by atoms with E-state index < -0.39 is 18.0 Å². The third kappa shape index (κ3) is 4.15. The Morgan fingerprint density at radius 1 is 1.02 bits per heavy atom. The van der Waals surface area contributed by atoms with E-state index >= 15 is 4.39 Å². The predicted molar refractivity (Wildman–Crippen MR) is 149 cm³/mol. The molecule has 1 amide bonds. The number of aliphatic hydroxyl groups excluding tert-OH is 2. The van der Waals surface area contributed by atoms with Crippen molar-refractivity contribution < 1.29 is 19.4 Å². The number of hydrogen-bond donors (Lipinski definition) is 2. The van der Waals surface area contributed by atoms with Crippen LogP contribution >= 0.6 is 0 Å². The summed E-state index contributed by atoms with van der Waals surface area (Å²) in [5, 5.41) is 24.5. The van der Waals surface area contributed by atoms with E-state index in [9.17, 15) is 15.0 Å². The molecule has 2 fully saturated rings. The van der Waals surface area contributed by atoms with E-state index in [2.05, 4.69) is 19.1 Å². The molecule has 2 aliphatic heterocycles. The minimum atomic E-state index is -0.850. The van der Waals surface area contributed by atoms with Crippen LogP contribution in [0.15, 0.2) is 54.6 Å². The molecule has 4 aromatic rings. The molecule has 1 aliphatic carbocycles. The lowest BCUT2D eigenvalue weighted by Gasteiger charge is -2.35. The molecule has 0 unspecified atom stereocenters. The molecule has 2 aromatic carbocycles. The molecule has 0 bridgehead atoms. The zero-order valence-electron chi connectivity index (χ0n) is 22.4. The van der Waals surface area contributed by atoms with Crippen molar-refractivity contribution in [1.82, 2.24) is 19.5 Å². The topological polar surface area (TPSA) is 94.2 Å². The Balaban J connectivity index is 1.24. The van der Waals surface area contributed by atoms with Gasteiger partial charge >= 0.3 is 0 Å². The molecule has 4 heterocycles. The Bertz CT molecular complexity index is 1610. The minimum Gasteiger partial charge on any atom is -0.389 e. The van der Waals surface area contributed by atoms with E-state index in [0.717, 1.165) is 31.4 Å². The molecule has 2 aromatic heterocycles. The molecular formula is C31H32FN5O3. The number of hydrogen-bond acceptors (Lipinski definition) is 6. The van der Waals surface area contributed by atoms with E-state index in [4.69, 9.17) is 10.1 Å². The number of aliphatic hydroxyl groups is 2. The second kappa shape index (κ2) is 9.67. The van der Waals surface area contributed by atoms with Gasteiger partial charge < -0.3 is 20.0 Å². The lowest BCUT2D eigenvalue weighted by molar-refractivity contribution is 0.0572. The standard InChI is InChI=1S/C31H32FN5O3/c1-18-22-8-3-2-5-19(22)11-12-36(18)31(40)26-14-27(20-6-4-7-20)37-30(33-26)15-25(34-37)23-10-9-21(13-24(23)32)35-16-28(38)29(39)17-35/h2-3,5,8-10,13-15,18,20,28-29,38-39H,4,6-7,11-12,16-17H2,1H3/t18-,28-,29-/m1/s1. The molecule has 3 atom stereocenters. The summed E-state index contributed by atoms with van der Waals surface area (Å²) in [7, 11) is 0. The van der Waals surface area contributed by atoms with Gasteiger partial charge in [0.05, 0.1) is 23.9 Å². The van der Waals surface area contributed by atoms with E-state index in [1.807, 2.05) is 23.1 Å². The van der Waals surface area contributed by atoms with Gasteiger partial charge in [-0.25, -0.2) is 13.9 Å². The second-order valence-corrected chi connectivity index (χ2v) is 11.3. The van der Waals surface area contributed by atoms with Crippen LogP contribution < -0.4 is 4.90 Å². The summed E-state index contributed by atoms with van der Waals surface area (Å²) in [6, 6.07) is 16.7. The van der Waals surface area contributed by atoms with Crippen LogP contribution in [0.4, 0.5) is 10.1 Å². The molecule has 3 aliphatic rings. The largest absolute Gasteiger partial charge is 0.389 e. The van der Waals surface area contributed by atoms with Gasteiger partial charge in [-0.15, -0.1) is 0 Å². The van der Waals surface area contributed by atoms with E-state index in [1.54, 1.807) is 27.6 Å². The maximum absolute atomic E-state index is 15.4. The fourth-order valence-corrected chi connectivity index (χ4v) is 6.32. The van der Waals surface area contributed by atoms with E-state index in [0.29, 0.717) is 34.8 Å². The summed E-state index contributed by atoms with van der Waals surface area (Å²) in [6.07, 6.45) is 2.28. The number of fused-ring (bicyclic) bond motifs is 2. The number of nitrogens with zero attached hydrogens (tertiary/aromatic N) is 5. The predicted octanol–water partition coefficient (Wildman–Crippen LogP) is 4.10. The summed E-state index contributed by atoms with van der Waals surface area (Å²) in [6.45, 7) is 3.20. The molecule has 2 N–H and O–H groups in total. The van der Waals surface area contributed by atoms with Gasteiger partial charge in [0.15, 0.2) is 5.65 Å². The van der Waals surface area contributed by atoms with Crippen molar-refractivity contribution in [2.75, 3.05) is 24.5 Å². The highest BCUT2D eigenvalue weighted by atomic mass is 19.1. The maximum atomic E-state index is 15.4. The van der Waals surface area contributed by atoms with Crippen LogP contribution in [0, 0.1) is 5.82 Å². The van der Waals surface area contributed by atoms with Crippen LogP contribution in [-0.2, 0) is 6.42 Å². The molecule has 1 saturated heterocycles. The third-order valence-corrected chi connectivity index (χ3v) is 8.91. The lowest BCUT2D eigenvalue weighted by Crippen LogP contribution is -2.39. The van der Waals surface area contributed by atoms with Gasteiger partial charge in [0.1, 0.15) is 11.5 Å². The van der Waals surface area contributed by atoms with Crippen LogP contribution in [0.25, 0.3) is 16.9 Å². The highest BCUT2D eigenvalue weighted by Gasteiger charge is 2.32. The summed E-state index contributed by atoms with van der Waals surface area (Å²) in [5.41, 5.74) is 5.70. The number of β-amino-alcohol motifs (C(OH)–C–C–N with tert-alkyl or cyclic N) is 2. The molecule has 1 saturated carbocycles. The zero-order chi connectivity index (χ0) is 27.5. The highest BCUT2D eigenvalue weighted by molar-refractivity contribution is 5.93. The van der Waals surface area contributed by atoms with Gasteiger partial charge in [-0.05, 0) is 61.6 Å². The van der Waals surface area contributed by atoms with Crippen molar-refractivity contribution in [3.8, 4) is 11.3 Å². The van der Waals surface area contributed by atoms with Crippen molar-refractivity contribution in [3.63, 3.8) is 0 Å². The minimum absolute atomic E-state index is 0.0476. The molecule has 40 heavy (non-hydrogen) atoms. The fourth-order valence-electron chi connectivity index (χ4n) is 6.32. The number of amides is 1. The van der Waals surface area contributed by atoms with Crippen LogP contribution in [0.2, 0.25) is 0 Å². The number of halogens is 1. The van der Waals surface area contributed by atoms with Crippen molar-refractivity contribution in [2.24, 2.45) is 0 Å². The van der Waals surface area contributed by atoms with Gasteiger partial charge in [-0.2, -0.15) is 5.10 Å². The molecule has 0 radical (unpaired) electrons. The van der Waals surface area contributed by atoms with Crippen LogP contribution in [0.3, 0.4) is 0 Å². The Hall–Kier alpha value is -3.82. The molecule has 7 rings (SSSR count). The first kappa shape index (κ1) is 25.2. The summed E-state index contributed by atoms with van der Waals surface area (Å²) < 4.78 is 17.2. The van der Waals surface area contributed by atoms with Crippen LogP contribution in [0.1, 0.15) is 65.5 Å². The average molecular weight is 542 g/mol. The van der Waals surface area contributed by atoms with Crippen LogP contribution in [0.5, 0.6) is 0 Å². The zero-order valence-corrected chi connectivity index (χ0v) is 22.4. The SMILES string of the molecule is C[C@@H]1c2ccccc2CCN1C(=O)c1cc(C2CCC2)n2nc(-c3ccc(N4C[C@@H](O)[C@H](O)C4)cc3F)cc2n1. The maximum Gasteiger partial charge on any atom is 0.273 e. The number of benzene rings is 2. The number of aromatic nitrogens is 3. The normalized spacial score (nSPS) is 22.9. The summed E-state index contributed by atoms with van der Waals surface area (Å²) in [5.74, 6) is -0.262. The molecular weight excluding hydrogens is 509 g/mol. The van der Waals surface area contributed by atoms with E-state index in [1.165, 1.54) is 17.2 Å². The Kier molecular flexibility index (Phi) is 6.09.